The first kappa shape index (κ1) is 21.7. The third kappa shape index (κ3) is 25.6. The van der Waals surface area contributed by atoms with E-state index in [1.807, 2.05) is 6.92 Å². The minimum atomic E-state index is -0.123. The second kappa shape index (κ2) is 20.8. The number of unbranched alkanes of at least 4 members (excludes halogenated alkanes) is 1. The van der Waals surface area contributed by atoms with Crippen LogP contribution in [0.2, 0.25) is 0 Å². The predicted octanol–water partition coefficient (Wildman–Crippen LogP) is 3.76. The molecule has 0 aliphatic rings. The van der Waals surface area contributed by atoms with Crippen molar-refractivity contribution in [2.24, 2.45) is 11.7 Å². The Kier molecular flexibility index (Phi) is 26.5. The van der Waals surface area contributed by atoms with E-state index in [4.69, 9.17) is 5.73 Å². The minimum Gasteiger partial charge on any atom is -0.469 e. The van der Waals surface area contributed by atoms with E-state index in [1.54, 1.807) is 0 Å². The van der Waals surface area contributed by atoms with E-state index in [2.05, 4.69) is 32.4 Å². The molecule has 0 amide bonds. The second-order valence-electron chi connectivity index (χ2n) is 4.12. The van der Waals surface area contributed by atoms with Crippen molar-refractivity contribution in [2.45, 2.75) is 66.7 Å². The fourth-order valence-corrected chi connectivity index (χ4v) is 0.914. The lowest BCUT2D eigenvalue weighted by atomic mass is 10.0. The predicted molar refractivity (Wildman–Crippen MR) is 76.0 cm³/mol. The molecule has 0 radical (unpaired) electrons. The molecule has 17 heavy (non-hydrogen) atoms. The number of methoxy groups -OCH3 is 1. The van der Waals surface area contributed by atoms with Crippen molar-refractivity contribution in [3.8, 4) is 0 Å². The number of hydrogen-bond donors (Lipinski definition) is 1. The number of carbonyl (C=O) groups excluding carboxylic acids is 1. The van der Waals surface area contributed by atoms with Crippen LogP contribution in [-0.4, -0.2) is 19.6 Å². The minimum absolute atomic E-state index is 0.0200. The maximum atomic E-state index is 10.9. The molecule has 3 nitrogen and oxygen atoms in total. The number of esters is 1. The summed E-state index contributed by atoms with van der Waals surface area (Å²) in [6.45, 7) is 11.1. The number of carbonyl (C=O) groups is 1. The van der Waals surface area contributed by atoms with E-state index in [-0.39, 0.29) is 11.9 Å². The third-order valence-electron chi connectivity index (χ3n) is 1.69. The van der Waals surface area contributed by atoms with Crippen molar-refractivity contribution in [3.63, 3.8) is 0 Å². The number of ether oxygens (including phenoxy) is 1. The van der Waals surface area contributed by atoms with E-state index < -0.39 is 0 Å². The van der Waals surface area contributed by atoms with E-state index in [0.29, 0.717) is 6.54 Å². The summed E-state index contributed by atoms with van der Waals surface area (Å²) in [4.78, 5) is 10.9. The molecule has 0 spiro atoms. The Bertz CT molecular complexity index is 136. The Morgan fingerprint density at radius 1 is 1.12 bits per heavy atom. The maximum Gasteiger partial charge on any atom is 0.308 e. The molecule has 1 atom stereocenters. The Labute approximate surface area is 108 Å². The van der Waals surface area contributed by atoms with Crippen LogP contribution in [0.15, 0.2) is 0 Å². The highest BCUT2D eigenvalue weighted by atomic mass is 16.5. The van der Waals surface area contributed by atoms with Gasteiger partial charge in [0.25, 0.3) is 0 Å². The van der Waals surface area contributed by atoms with Gasteiger partial charge in [0, 0.05) is 0 Å². The largest absolute Gasteiger partial charge is 0.469 e. The van der Waals surface area contributed by atoms with Crippen LogP contribution in [0.4, 0.5) is 0 Å². The second-order valence-corrected chi connectivity index (χ2v) is 4.12. The molecule has 0 aliphatic heterocycles. The molecular weight excluding hydrogens is 214 g/mol. The summed E-state index contributed by atoms with van der Waals surface area (Å²) in [5.74, 6) is -0.103. The Hall–Kier alpha value is -0.570. The molecule has 0 heterocycles. The quantitative estimate of drug-likeness (QED) is 0.594. The fourth-order valence-electron chi connectivity index (χ4n) is 0.914. The van der Waals surface area contributed by atoms with E-state index in [9.17, 15) is 4.79 Å². The van der Waals surface area contributed by atoms with Crippen molar-refractivity contribution in [3.05, 3.63) is 0 Å². The average Bonchev–Trinajstić information content (AvgIpc) is 2.30. The first-order valence-electron chi connectivity index (χ1n) is 6.83. The van der Waals surface area contributed by atoms with Crippen LogP contribution < -0.4 is 5.73 Å². The van der Waals surface area contributed by atoms with Crippen LogP contribution in [0.1, 0.15) is 66.7 Å². The van der Waals surface area contributed by atoms with Gasteiger partial charge in [-0.2, -0.15) is 0 Å². The van der Waals surface area contributed by atoms with Crippen LogP contribution in [0.3, 0.4) is 0 Å². The first-order chi connectivity index (χ1) is 8.05. The molecule has 0 aromatic carbocycles. The normalized spacial score (nSPS) is 10.3. The summed E-state index contributed by atoms with van der Waals surface area (Å²) in [5.41, 5.74) is 5.31. The van der Waals surface area contributed by atoms with Gasteiger partial charge in [0.05, 0.1) is 13.0 Å². The van der Waals surface area contributed by atoms with Gasteiger partial charge in [-0.1, -0.05) is 53.9 Å². The van der Waals surface area contributed by atoms with Gasteiger partial charge in [-0.15, -0.1) is 0 Å². The summed E-state index contributed by atoms with van der Waals surface area (Å²) in [7, 11) is 1.42. The van der Waals surface area contributed by atoms with Crippen LogP contribution in [-0.2, 0) is 9.53 Å². The zero-order valence-electron chi connectivity index (χ0n) is 12.7. The van der Waals surface area contributed by atoms with Crippen LogP contribution in [0.25, 0.3) is 0 Å². The summed E-state index contributed by atoms with van der Waals surface area (Å²) in [6, 6.07) is 0. The van der Waals surface area contributed by atoms with Crippen LogP contribution in [0, 0.1) is 5.92 Å². The average molecular weight is 247 g/mol. The lowest BCUT2D eigenvalue weighted by Gasteiger charge is -2.07. The van der Waals surface area contributed by atoms with Crippen molar-refractivity contribution >= 4 is 5.97 Å². The molecule has 0 aliphatic carbocycles. The van der Waals surface area contributed by atoms with E-state index in [1.165, 1.54) is 20.0 Å². The van der Waals surface area contributed by atoms with Crippen molar-refractivity contribution in [2.75, 3.05) is 13.7 Å². The Balaban J connectivity index is -0.000000273. The Morgan fingerprint density at radius 3 is 1.82 bits per heavy atom. The van der Waals surface area contributed by atoms with Gasteiger partial charge in [0.2, 0.25) is 0 Å². The molecule has 0 saturated carbocycles. The zero-order valence-corrected chi connectivity index (χ0v) is 12.7. The number of nitrogens with two attached hydrogens (primary N) is 1. The summed E-state index contributed by atoms with van der Waals surface area (Å²) in [5, 5.41) is 0. The molecule has 1 unspecified atom stereocenters. The highest BCUT2D eigenvalue weighted by Crippen LogP contribution is 2.08. The number of rotatable bonds is 5. The molecule has 0 bridgehead atoms. The zero-order chi connectivity index (χ0) is 14.1. The highest BCUT2D eigenvalue weighted by Gasteiger charge is 2.11. The first-order valence-corrected chi connectivity index (χ1v) is 6.83. The molecule has 0 aromatic rings. The van der Waals surface area contributed by atoms with Crippen LogP contribution >= 0.6 is 0 Å². The molecule has 3 heteroatoms. The van der Waals surface area contributed by atoms with Gasteiger partial charge >= 0.3 is 5.97 Å². The standard InChI is InChI=1S/C8H17NO2.2C3H8/c1-7(8(10)11-2)5-3-4-6-9;2*1-3-2/h7H,3-6,9H2,1-2H3;2*3H2,1-2H3. The smallest absolute Gasteiger partial charge is 0.308 e. The number of hydrogen-bond acceptors (Lipinski definition) is 3. The van der Waals surface area contributed by atoms with Crippen molar-refractivity contribution < 1.29 is 9.53 Å². The third-order valence-corrected chi connectivity index (χ3v) is 1.69. The summed E-state index contributed by atoms with van der Waals surface area (Å²) >= 11 is 0. The van der Waals surface area contributed by atoms with Gasteiger partial charge in [-0.05, 0) is 19.4 Å². The molecule has 0 saturated heterocycles. The monoisotopic (exact) mass is 247 g/mol. The van der Waals surface area contributed by atoms with Crippen molar-refractivity contribution in [1.29, 1.82) is 0 Å². The molecular formula is C14H33NO2. The molecule has 0 fully saturated rings. The molecule has 106 valence electrons. The summed E-state index contributed by atoms with van der Waals surface area (Å²) < 4.78 is 4.57. The molecule has 2 N–H and O–H groups in total. The van der Waals surface area contributed by atoms with Crippen LogP contribution in [0.5, 0.6) is 0 Å². The lowest BCUT2D eigenvalue weighted by Crippen LogP contribution is -2.12. The van der Waals surface area contributed by atoms with Gasteiger partial charge in [0.15, 0.2) is 0 Å². The van der Waals surface area contributed by atoms with E-state index >= 15 is 0 Å². The van der Waals surface area contributed by atoms with Gasteiger partial charge < -0.3 is 10.5 Å². The maximum absolute atomic E-state index is 10.9. The molecule has 0 rings (SSSR count). The van der Waals surface area contributed by atoms with Gasteiger partial charge in [0.1, 0.15) is 0 Å². The Morgan fingerprint density at radius 2 is 1.53 bits per heavy atom. The lowest BCUT2D eigenvalue weighted by molar-refractivity contribution is -0.145. The highest BCUT2D eigenvalue weighted by molar-refractivity contribution is 5.71. The SMILES string of the molecule is CCC.CCC.COC(=O)C(C)CCCCN. The summed E-state index contributed by atoms with van der Waals surface area (Å²) in [6.07, 6.45) is 5.37. The topological polar surface area (TPSA) is 52.3 Å². The molecule has 0 aromatic heterocycles. The van der Waals surface area contributed by atoms with E-state index in [0.717, 1.165) is 19.3 Å². The van der Waals surface area contributed by atoms with Gasteiger partial charge in [-0.3, -0.25) is 4.79 Å². The van der Waals surface area contributed by atoms with Gasteiger partial charge in [-0.25, -0.2) is 0 Å². The fraction of sp³-hybridized carbons (Fsp3) is 0.929. The van der Waals surface area contributed by atoms with Crippen molar-refractivity contribution in [1.82, 2.24) is 0 Å².